The minimum absolute atomic E-state index is 0.199. The molecule has 2 aromatic rings. The van der Waals surface area contributed by atoms with E-state index in [9.17, 15) is 0 Å². The first-order chi connectivity index (χ1) is 8.54. The van der Waals surface area contributed by atoms with Crippen LogP contribution in [0.3, 0.4) is 0 Å². The topological polar surface area (TPSA) is 68.8 Å². The summed E-state index contributed by atoms with van der Waals surface area (Å²) in [6.07, 6.45) is 0. The third-order valence-corrected chi connectivity index (χ3v) is 3.77. The molecule has 0 spiro atoms. The zero-order chi connectivity index (χ0) is 13.3. The monoisotopic (exact) mass is 329 g/mol. The first-order valence-electron chi connectivity index (χ1n) is 5.32. The molecule has 0 radical (unpaired) electrons. The van der Waals surface area contributed by atoms with Crippen LogP contribution in [0.4, 0.5) is 0 Å². The van der Waals surface area contributed by atoms with E-state index in [4.69, 9.17) is 17.4 Å². The van der Waals surface area contributed by atoms with Crippen LogP contribution in [0.1, 0.15) is 22.9 Å². The summed E-state index contributed by atoms with van der Waals surface area (Å²) in [6.45, 7) is 1.95. The number of rotatable bonds is 3. The highest BCUT2D eigenvalue weighted by molar-refractivity contribution is 9.10. The van der Waals surface area contributed by atoms with Gasteiger partial charge in [-0.25, -0.2) is 10.1 Å². The molecule has 1 heterocycles. The molecule has 1 unspecified atom stereocenters. The summed E-state index contributed by atoms with van der Waals surface area (Å²) in [6, 6.07) is 5.58. The normalized spacial score (nSPS) is 12.7. The lowest BCUT2D eigenvalue weighted by Crippen LogP contribution is -2.30. The predicted octanol–water partition coefficient (Wildman–Crippen LogP) is 2.09. The van der Waals surface area contributed by atoms with Gasteiger partial charge in [-0.1, -0.05) is 28.9 Å². The molecule has 1 aromatic carbocycles. The summed E-state index contributed by atoms with van der Waals surface area (Å²) < 4.78 is 2.35. The van der Waals surface area contributed by atoms with Crippen LogP contribution in [0.15, 0.2) is 22.8 Å². The molecule has 0 fully saturated rings. The molecule has 0 aliphatic rings. The molecule has 3 N–H and O–H groups in total. The highest BCUT2D eigenvalue weighted by Gasteiger charge is 2.21. The van der Waals surface area contributed by atoms with Crippen LogP contribution in [0, 0.1) is 6.92 Å². The smallest absolute Gasteiger partial charge is 0.153 e. The molecule has 0 aliphatic heterocycles. The van der Waals surface area contributed by atoms with E-state index < -0.39 is 0 Å². The maximum absolute atomic E-state index is 6.03. The van der Waals surface area contributed by atoms with Gasteiger partial charge in [-0.15, -0.1) is 5.10 Å². The Morgan fingerprint density at radius 1 is 1.50 bits per heavy atom. The highest BCUT2D eigenvalue weighted by atomic mass is 79.9. The van der Waals surface area contributed by atoms with Crippen molar-refractivity contribution in [2.45, 2.75) is 13.0 Å². The van der Waals surface area contributed by atoms with Crippen molar-refractivity contribution < 1.29 is 0 Å². The second kappa shape index (κ2) is 5.36. The number of aryl methyl sites for hydroxylation is 2. The molecule has 96 valence electrons. The summed E-state index contributed by atoms with van der Waals surface area (Å²) in [5.74, 6) is 5.65. The number of nitrogens with two attached hydrogens (primary N) is 1. The largest absolute Gasteiger partial charge is 0.271 e. The second-order valence-corrected chi connectivity index (χ2v) is 5.16. The predicted molar refractivity (Wildman–Crippen MR) is 74.1 cm³/mol. The lowest BCUT2D eigenvalue weighted by atomic mass is 10.0. The molecule has 0 bridgehead atoms. The van der Waals surface area contributed by atoms with E-state index in [2.05, 4.69) is 31.7 Å². The van der Waals surface area contributed by atoms with Crippen molar-refractivity contribution in [2.24, 2.45) is 12.9 Å². The fraction of sp³-hybridized carbons (Fsp3) is 0.273. The summed E-state index contributed by atoms with van der Waals surface area (Å²) in [5.41, 5.74) is 5.64. The van der Waals surface area contributed by atoms with Gasteiger partial charge in [-0.3, -0.25) is 5.84 Å². The van der Waals surface area contributed by atoms with Crippen LogP contribution in [-0.4, -0.2) is 15.0 Å². The van der Waals surface area contributed by atoms with E-state index in [1.807, 2.05) is 32.2 Å². The van der Waals surface area contributed by atoms with E-state index >= 15 is 0 Å². The number of hydrogen-bond acceptors (Lipinski definition) is 4. The SMILES string of the molecule is Cc1cc(C(NN)c2c(Br)nnn2C)ccc1Cl. The Labute approximate surface area is 118 Å². The molecule has 0 saturated carbocycles. The molecule has 18 heavy (non-hydrogen) atoms. The van der Waals surface area contributed by atoms with Crippen LogP contribution in [-0.2, 0) is 7.05 Å². The Balaban J connectivity index is 2.48. The Hall–Kier alpha value is -0.950. The van der Waals surface area contributed by atoms with Crippen molar-refractivity contribution in [3.63, 3.8) is 0 Å². The zero-order valence-corrected chi connectivity index (χ0v) is 12.3. The molecular formula is C11H13BrClN5. The van der Waals surface area contributed by atoms with Gasteiger partial charge in [0.15, 0.2) is 4.60 Å². The molecule has 0 aliphatic carbocycles. The Bertz CT molecular complexity index is 549. The Kier molecular flexibility index (Phi) is 4.01. The summed E-state index contributed by atoms with van der Waals surface area (Å²) in [4.78, 5) is 0. The van der Waals surface area contributed by atoms with Gasteiger partial charge in [0, 0.05) is 12.1 Å². The van der Waals surface area contributed by atoms with Gasteiger partial charge in [0.2, 0.25) is 0 Å². The lowest BCUT2D eigenvalue weighted by Gasteiger charge is -2.17. The van der Waals surface area contributed by atoms with Crippen LogP contribution < -0.4 is 11.3 Å². The maximum atomic E-state index is 6.03. The summed E-state index contributed by atoms with van der Waals surface area (Å²) >= 11 is 9.40. The van der Waals surface area contributed by atoms with E-state index in [0.717, 1.165) is 21.8 Å². The number of aromatic nitrogens is 3. The molecular weight excluding hydrogens is 318 g/mol. The third kappa shape index (κ3) is 2.42. The Morgan fingerprint density at radius 3 is 2.72 bits per heavy atom. The molecule has 7 heteroatoms. The number of hydrogen-bond donors (Lipinski definition) is 2. The lowest BCUT2D eigenvalue weighted by molar-refractivity contribution is 0.569. The van der Waals surface area contributed by atoms with E-state index in [-0.39, 0.29) is 6.04 Å². The first-order valence-corrected chi connectivity index (χ1v) is 6.49. The van der Waals surface area contributed by atoms with Gasteiger partial charge in [0.1, 0.15) is 0 Å². The van der Waals surface area contributed by atoms with Crippen molar-refractivity contribution >= 4 is 27.5 Å². The van der Waals surface area contributed by atoms with Crippen LogP contribution in [0.2, 0.25) is 5.02 Å². The van der Waals surface area contributed by atoms with Crippen LogP contribution >= 0.6 is 27.5 Å². The highest BCUT2D eigenvalue weighted by Crippen LogP contribution is 2.28. The minimum atomic E-state index is -0.199. The van der Waals surface area contributed by atoms with E-state index in [1.165, 1.54) is 0 Å². The summed E-state index contributed by atoms with van der Waals surface area (Å²) in [5, 5.41) is 8.64. The standard InChI is InChI=1S/C11H13BrClN5/c1-6-5-7(3-4-8(6)13)9(15-14)10-11(12)16-17-18(10)2/h3-5,9,15H,14H2,1-2H3. The van der Waals surface area contributed by atoms with Crippen molar-refractivity contribution in [1.29, 1.82) is 0 Å². The number of benzene rings is 1. The van der Waals surface area contributed by atoms with Crippen LogP contribution in [0.5, 0.6) is 0 Å². The average molecular weight is 331 g/mol. The molecule has 0 saturated heterocycles. The number of nitrogens with one attached hydrogen (secondary N) is 1. The van der Waals surface area contributed by atoms with E-state index in [1.54, 1.807) is 4.68 Å². The number of hydrazine groups is 1. The maximum Gasteiger partial charge on any atom is 0.153 e. The van der Waals surface area contributed by atoms with Gasteiger partial charge < -0.3 is 0 Å². The molecule has 1 atom stereocenters. The Morgan fingerprint density at radius 2 is 2.22 bits per heavy atom. The van der Waals surface area contributed by atoms with Gasteiger partial charge in [-0.2, -0.15) is 0 Å². The van der Waals surface area contributed by atoms with Crippen LogP contribution in [0.25, 0.3) is 0 Å². The third-order valence-electron chi connectivity index (χ3n) is 2.78. The summed E-state index contributed by atoms with van der Waals surface area (Å²) in [7, 11) is 1.82. The van der Waals surface area contributed by atoms with Crippen molar-refractivity contribution in [3.05, 3.63) is 44.6 Å². The van der Waals surface area contributed by atoms with Gasteiger partial charge in [0.05, 0.1) is 11.7 Å². The van der Waals surface area contributed by atoms with E-state index in [0.29, 0.717) is 4.60 Å². The van der Waals surface area contributed by atoms with Gasteiger partial charge >= 0.3 is 0 Å². The molecule has 1 aromatic heterocycles. The molecule has 2 rings (SSSR count). The van der Waals surface area contributed by atoms with Crippen molar-refractivity contribution in [2.75, 3.05) is 0 Å². The quantitative estimate of drug-likeness (QED) is 0.668. The second-order valence-electron chi connectivity index (χ2n) is 4.00. The number of halogens is 2. The fourth-order valence-electron chi connectivity index (χ4n) is 1.83. The van der Waals surface area contributed by atoms with Gasteiger partial charge in [0.25, 0.3) is 0 Å². The molecule has 0 amide bonds. The fourth-order valence-corrected chi connectivity index (χ4v) is 2.50. The zero-order valence-electron chi connectivity index (χ0n) is 9.98. The van der Waals surface area contributed by atoms with Crippen molar-refractivity contribution in [3.8, 4) is 0 Å². The average Bonchev–Trinajstić information content (AvgIpc) is 2.66. The first kappa shape index (κ1) is 13.5. The minimum Gasteiger partial charge on any atom is -0.271 e. The molecule has 5 nitrogen and oxygen atoms in total. The van der Waals surface area contributed by atoms with Crippen molar-refractivity contribution in [1.82, 2.24) is 20.4 Å². The van der Waals surface area contributed by atoms with Gasteiger partial charge in [-0.05, 0) is 40.0 Å². The number of nitrogens with zero attached hydrogens (tertiary/aromatic N) is 3.